The van der Waals surface area contributed by atoms with Gasteiger partial charge in [-0.1, -0.05) is 6.92 Å². The van der Waals surface area contributed by atoms with Gasteiger partial charge in [-0.25, -0.2) is 4.79 Å². The first-order valence-electron chi connectivity index (χ1n) is 5.69. The third-order valence-corrected chi connectivity index (χ3v) is 2.00. The summed E-state index contributed by atoms with van der Waals surface area (Å²) in [7, 11) is 0. The van der Waals surface area contributed by atoms with E-state index in [0.717, 1.165) is 0 Å². The number of hydrogen-bond donors (Lipinski definition) is 7. The number of rotatable bonds is 7. The Morgan fingerprint density at radius 1 is 1.32 bits per heavy atom. The summed E-state index contributed by atoms with van der Waals surface area (Å²) >= 11 is 0. The molecule has 0 spiro atoms. The first-order valence-corrected chi connectivity index (χ1v) is 5.69. The smallest absolute Gasteiger partial charge is 0.332 e. The van der Waals surface area contributed by atoms with Crippen molar-refractivity contribution in [1.29, 1.82) is 5.41 Å². The van der Waals surface area contributed by atoms with E-state index in [1.165, 1.54) is 0 Å². The van der Waals surface area contributed by atoms with Crippen molar-refractivity contribution in [3.05, 3.63) is 0 Å². The molecule has 0 radical (unpaired) electrons. The van der Waals surface area contributed by atoms with Crippen LogP contribution in [0.2, 0.25) is 0 Å². The molecular weight excluding hydrogens is 256 g/mol. The van der Waals surface area contributed by atoms with Crippen LogP contribution in [0.4, 0.5) is 0 Å². The van der Waals surface area contributed by atoms with E-state index in [-0.39, 0.29) is 12.4 Å². The predicted octanol–water partition coefficient (Wildman–Crippen LogP) is -1.50. The molecule has 9 N–H and O–H groups in total. The fourth-order valence-corrected chi connectivity index (χ4v) is 0.843. The molecule has 2 atom stereocenters. The lowest BCUT2D eigenvalue weighted by molar-refractivity contribution is -0.146. The molecule has 19 heavy (non-hydrogen) atoms. The lowest BCUT2D eigenvalue weighted by Gasteiger charge is -2.06. The second-order valence-corrected chi connectivity index (χ2v) is 3.69. The molecule has 9 nitrogen and oxygen atoms in total. The quantitative estimate of drug-likeness (QED) is 0.167. The maximum Gasteiger partial charge on any atom is 0.332 e. The molecule has 112 valence electrons. The third-order valence-electron chi connectivity index (χ3n) is 2.00. The number of aliphatic hydroxyl groups is 1. The molecule has 0 saturated heterocycles. The summed E-state index contributed by atoms with van der Waals surface area (Å²) in [5.41, 5.74) is 10.2. The van der Waals surface area contributed by atoms with Gasteiger partial charge in [0.2, 0.25) is 0 Å². The van der Waals surface area contributed by atoms with Gasteiger partial charge >= 0.3 is 11.9 Å². The lowest BCUT2D eigenvalue weighted by Crippen LogP contribution is -2.34. The SMILES string of the molecule is CCC(O)C(=O)O.N=C(N)NCCCC(N)C(=O)O. The van der Waals surface area contributed by atoms with Crippen molar-refractivity contribution in [2.75, 3.05) is 6.54 Å². The van der Waals surface area contributed by atoms with Gasteiger partial charge in [-0.15, -0.1) is 0 Å². The lowest BCUT2D eigenvalue weighted by atomic mass is 10.2. The Hall–Kier alpha value is -1.87. The number of guanidine groups is 1. The van der Waals surface area contributed by atoms with Gasteiger partial charge in [0, 0.05) is 6.54 Å². The number of carboxylic acid groups (broad SMARTS) is 2. The molecule has 0 aliphatic carbocycles. The number of aliphatic carboxylic acids is 2. The predicted molar refractivity (Wildman–Crippen MR) is 68.7 cm³/mol. The molecular formula is C10H22N4O5. The van der Waals surface area contributed by atoms with Crippen LogP contribution in [-0.2, 0) is 9.59 Å². The van der Waals surface area contributed by atoms with Crippen LogP contribution in [-0.4, -0.2) is 51.9 Å². The van der Waals surface area contributed by atoms with Crippen LogP contribution < -0.4 is 16.8 Å². The van der Waals surface area contributed by atoms with Gasteiger partial charge < -0.3 is 32.1 Å². The van der Waals surface area contributed by atoms with Crippen LogP contribution in [0.3, 0.4) is 0 Å². The number of nitrogens with one attached hydrogen (secondary N) is 2. The molecule has 0 aromatic heterocycles. The molecule has 0 aliphatic heterocycles. The number of nitrogens with two attached hydrogens (primary N) is 2. The topological polar surface area (TPSA) is 183 Å². The van der Waals surface area contributed by atoms with Gasteiger partial charge in [0.05, 0.1) is 0 Å². The zero-order valence-electron chi connectivity index (χ0n) is 10.8. The first kappa shape index (κ1) is 19.5. The molecule has 2 unspecified atom stereocenters. The second kappa shape index (κ2) is 11.2. The maximum atomic E-state index is 10.2. The summed E-state index contributed by atoms with van der Waals surface area (Å²) in [5, 5.41) is 34.0. The summed E-state index contributed by atoms with van der Waals surface area (Å²) in [5.74, 6) is -2.26. The highest BCUT2D eigenvalue weighted by Crippen LogP contribution is 1.92. The molecule has 0 bridgehead atoms. The number of carboxylic acids is 2. The van der Waals surface area contributed by atoms with E-state index in [4.69, 9.17) is 32.2 Å². The fraction of sp³-hybridized carbons (Fsp3) is 0.700. The monoisotopic (exact) mass is 278 g/mol. The van der Waals surface area contributed by atoms with Gasteiger partial charge in [0.15, 0.2) is 12.1 Å². The van der Waals surface area contributed by atoms with Gasteiger partial charge in [0.25, 0.3) is 0 Å². The van der Waals surface area contributed by atoms with Gasteiger partial charge in [-0.05, 0) is 19.3 Å². The highest BCUT2D eigenvalue weighted by molar-refractivity contribution is 5.74. The summed E-state index contributed by atoms with van der Waals surface area (Å²) < 4.78 is 0. The molecule has 0 aromatic rings. The number of carbonyl (C=O) groups is 2. The van der Waals surface area contributed by atoms with E-state index in [9.17, 15) is 9.59 Å². The summed E-state index contributed by atoms with van der Waals surface area (Å²) in [6.45, 7) is 2.09. The Morgan fingerprint density at radius 3 is 2.11 bits per heavy atom. The van der Waals surface area contributed by atoms with Crippen molar-refractivity contribution in [3.63, 3.8) is 0 Å². The van der Waals surface area contributed by atoms with Crippen molar-refractivity contribution >= 4 is 17.9 Å². The van der Waals surface area contributed by atoms with E-state index < -0.39 is 24.1 Å². The molecule has 0 heterocycles. The van der Waals surface area contributed by atoms with E-state index in [2.05, 4.69) is 5.32 Å². The molecule has 0 aliphatic rings. The van der Waals surface area contributed by atoms with Crippen molar-refractivity contribution in [1.82, 2.24) is 5.32 Å². The van der Waals surface area contributed by atoms with E-state index in [1.54, 1.807) is 6.92 Å². The van der Waals surface area contributed by atoms with E-state index >= 15 is 0 Å². The summed E-state index contributed by atoms with van der Waals surface area (Å²) in [6.07, 6.45) is 0.0675. The van der Waals surface area contributed by atoms with Crippen molar-refractivity contribution in [3.8, 4) is 0 Å². The molecule has 0 amide bonds. The number of hydrogen-bond acceptors (Lipinski definition) is 5. The minimum Gasteiger partial charge on any atom is -0.480 e. The van der Waals surface area contributed by atoms with Crippen LogP contribution in [0.15, 0.2) is 0 Å². The first-order chi connectivity index (χ1) is 8.72. The standard InChI is InChI=1S/C6H14N4O2.C4H8O3/c7-4(5(11)12)2-1-3-10-6(8)9;1-2-3(5)4(6)7/h4H,1-3,7H2,(H,11,12)(H4,8,9,10);3,5H,2H2,1H3,(H,6,7). The van der Waals surface area contributed by atoms with Crippen LogP contribution >= 0.6 is 0 Å². The average Bonchev–Trinajstić information content (AvgIpc) is 2.33. The Kier molecular flexibility index (Phi) is 11.5. The minimum absolute atomic E-state index is 0.112. The summed E-state index contributed by atoms with van der Waals surface area (Å²) in [4.78, 5) is 19.9. The molecule has 0 rings (SSSR count). The van der Waals surface area contributed by atoms with Crippen LogP contribution in [0, 0.1) is 5.41 Å². The highest BCUT2D eigenvalue weighted by atomic mass is 16.4. The molecule has 0 fully saturated rings. The second-order valence-electron chi connectivity index (χ2n) is 3.69. The highest BCUT2D eigenvalue weighted by Gasteiger charge is 2.09. The van der Waals surface area contributed by atoms with Gasteiger partial charge in [-0.3, -0.25) is 10.2 Å². The number of aliphatic hydroxyl groups excluding tert-OH is 1. The zero-order valence-corrected chi connectivity index (χ0v) is 10.8. The van der Waals surface area contributed by atoms with Crippen LogP contribution in [0.1, 0.15) is 26.2 Å². The Balaban J connectivity index is 0. The largest absolute Gasteiger partial charge is 0.480 e. The van der Waals surface area contributed by atoms with Crippen molar-refractivity contribution in [2.45, 2.75) is 38.3 Å². The zero-order chi connectivity index (χ0) is 15.4. The van der Waals surface area contributed by atoms with E-state index in [1.807, 2.05) is 0 Å². The fourth-order valence-electron chi connectivity index (χ4n) is 0.843. The Bertz CT molecular complexity index is 298. The molecule has 0 saturated carbocycles. The minimum atomic E-state index is -1.18. The molecule has 9 heteroatoms. The van der Waals surface area contributed by atoms with Gasteiger partial charge in [-0.2, -0.15) is 0 Å². The third kappa shape index (κ3) is 14.1. The average molecular weight is 278 g/mol. The Morgan fingerprint density at radius 2 is 1.84 bits per heavy atom. The normalized spacial score (nSPS) is 12.6. The van der Waals surface area contributed by atoms with Crippen LogP contribution in [0.5, 0.6) is 0 Å². The van der Waals surface area contributed by atoms with Crippen molar-refractivity contribution in [2.24, 2.45) is 11.5 Å². The Labute approximate surface area is 111 Å². The molecule has 0 aromatic carbocycles. The summed E-state index contributed by atoms with van der Waals surface area (Å²) in [6, 6.07) is -0.821. The van der Waals surface area contributed by atoms with Crippen LogP contribution in [0.25, 0.3) is 0 Å². The van der Waals surface area contributed by atoms with Crippen molar-refractivity contribution < 1.29 is 24.9 Å². The van der Waals surface area contributed by atoms with Gasteiger partial charge in [0.1, 0.15) is 6.04 Å². The maximum absolute atomic E-state index is 10.2. The van der Waals surface area contributed by atoms with E-state index in [0.29, 0.717) is 19.4 Å².